The maximum absolute atomic E-state index is 13.7. The van der Waals surface area contributed by atoms with E-state index in [9.17, 15) is 9.90 Å². The van der Waals surface area contributed by atoms with Crippen molar-refractivity contribution in [1.82, 2.24) is 19.8 Å². The Balaban J connectivity index is 1.46. The molecule has 0 fully saturated rings. The molecule has 45 heavy (non-hydrogen) atoms. The molecule has 1 unspecified atom stereocenters. The van der Waals surface area contributed by atoms with Crippen LogP contribution in [-0.2, 0) is 30.3 Å². The van der Waals surface area contributed by atoms with E-state index in [4.69, 9.17) is 51.7 Å². The van der Waals surface area contributed by atoms with Crippen molar-refractivity contribution in [3.63, 3.8) is 0 Å². The van der Waals surface area contributed by atoms with Crippen LogP contribution in [0.15, 0.2) is 73.1 Å². The Hall–Kier alpha value is -3.75. The van der Waals surface area contributed by atoms with Crippen molar-refractivity contribution < 1.29 is 38.4 Å². The molecule has 4 rings (SSSR count). The molecular weight excluding hydrogens is 627 g/mol. The number of hydrogen-bond acceptors (Lipinski definition) is 10. The van der Waals surface area contributed by atoms with E-state index >= 15 is 0 Å². The fourth-order valence-corrected chi connectivity index (χ4v) is 4.31. The number of amides is 1. The van der Waals surface area contributed by atoms with Crippen molar-refractivity contribution in [2.24, 2.45) is 0 Å². The van der Waals surface area contributed by atoms with Crippen LogP contribution in [-0.4, -0.2) is 83.9 Å². The van der Waals surface area contributed by atoms with Gasteiger partial charge in [-0.05, 0) is 48.9 Å². The second kappa shape index (κ2) is 17.7. The average molecular weight is 662 g/mol. The van der Waals surface area contributed by atoms with Crippen LogP contribution in [0.4, 0.5) is 0 Å². The van der Waals surface area contributed by atoms with Crippen LogP contribution >= 0.6 is 23.2 Å². The number of nitrogens with zero attached hydrogens (tertiary/aromatic N) is 4. The number of ether oxygens (including phenoxy) is 5. The highest BCUT2D eigenvalue weighted by Gasteiger charge is 2.26. The van der Waals surface area contributed by atoms with Gasteiger partial charge in [-0.15, -0.1) is 5.10 Å². The van der Waals surface area contributed by atoms with Crippen molar-refractivity contribution in [3.05, 3.63) is 94.5 Å². The fraction of sp³-hybridized carbons (Fsp3) is 0.323. The van der Waals surface area contributed by atoms with Crippen LogP contribution in [0.1, 0.15) is 23.1 Å². The van der Waals surface area contributed by atoms with Gasteiger partial charge in [-0.2, -0.15) is 0 Å². The van der Waals surface area contributed by atoms with Crippen LogP contribution in [0.5, 0.6) is 17.2 Å². The number of hydrogen-bond donors (Lipinski definition) is 1. The second-order valence-electron chi connectivity index (χ2n) is 9.33. The summed E-state index contributed by atoms with van der Waals surface area (Å²) in [7, 11) is 1.44. The van der Waals surface area contributed by atoms with Crippen LogP contribution in [0.25, 0.3) is 5.69 Å². The van der Waals surface area contributed by atoms with Gasteiger partial charge in [0, 0.05) is 13.7 Å². The molecule has 1 atom stereocenters. The predicted octanol–water partition coefficient (Wildman–Crippen LogP) is 5.69. The predicted molar refractivity (Wildman–Crippen MR) is 166 cm³/mol. The first-order valence-electron chi connectivity index (χ1n) is 14.0. The van der Waals surface area contributed by atoms with E-state index in [-0.39, 0.29) is 41.4 Å². The molecule has 12 nitrogen and oxygen atoms in total. The monoisotopic (exact) mass is 660 g/mol. The first kappa shape index (κ1) is 34.1. The number of carbonyl (C=O) groups excluding carboxylic acids is 1. The minimum Gasteiger partial charge on any atom is -0.505 e. The highest BCUT2D eigenvalue weighted by atomic mass is 35.5. The van der Waals surface area contributed by atoms with Crippen molar-refractivity contribution in [1.29, 1.82) is 0 Å². The smallest absolute Gasteiger partial charge is 0.317 e. The molecule has 0 aliphatic rings. The second-order valence-corrected chi connectivity index (χ2v) is 10.1. The molecule has 4 aromatic rings. The molecule has 1 aromatic heterocycles. The van der Waals surface area contributed by atoms with E-state index in [1.54, 1.807) is 12.1 Å². The lowest BCUT2D eigenvalue weighted by molar-refractivity contribution is -0.267. The van der Waals surface area contributed by atoms with Gasteiger partial charge in [0.05, 0.1) is 48.7 Å². The maximum Gasteiger partial charge on any atom is 0.317 e. The van der Waals surface area contributed by atoms with E-state index < -0.39 is 12.2 Å². The van der Waals surface area contributed by atoms with E-state index in [0.29, 0.717) is 43.6 Å². The summed E-state index contributed by atoms with van der Waals surface area (Å²) in [6.07, 6.45) is 0.387. The molecule has 0 aliphatic carbocycles. The lowest BCUT2D eigenvalue weighted by Gasteiger charge is -2.25. The Labute approximate surface area is 270 Å². The summed E-state index contributed by atoms with van der Waals surface area (Å²) in [5.41, 5.74) is 1.13. The molecule has 1 N–H and O–H groups in total. The summed E-state index contributed by atoms with van der Waals surface area (Å²) >= 11 is 12.1. The largest absolute Gasteiger partial charge is 0.505 e. The zero-order valence-electron chi connectivity index (χ0n) is 24.8. The van der Waals surface area contributed by atoms with Crippen molar-refractivity contribution in [2.75, 3.05) is 46.8 Å². The minimum atomic E-state index is -0.935. The third-order valence-corrected chi connectivity index (χ3v) is 6.69. The van der Waals surface area contributed by atoms with Gasteiger partial charge < -0.3 is 28.8 Å². The highest BCUT2D eigenvalue weighted by Crippen LogP contribution is 2.33. The molecule has 0 bridgehead atoms. The van der Waals surface area contributed by atoms with Gasteiger partial charge in [0.15, 0.2) is 5.75 Å². The Bertz CT molecular complexity index is 1470. The van der Waals surface area contributed by atoms with Gasteiger partial charge in [0.2, 0.25) is 12.1 Å². The number of halogens is 2. The standard InChI is InChI=1S/C31H34Cl2N4O8/c1-3-41-13-14-42-15-16-43-20-28(40-2)45-37(19-22-9-11-25(12-10-22)44-24-7-5-4-6-8-24)31(39)30-34-21-36(35-30)23-17-26(32)29(38)27(33)18-23/h4-12,17-18,21,28,38H,3,13-16,19-20H2,1-2H3. The number of benzene rings is 3. The topological polar surface area (TPSA) is 127 Å². The summed E-state index contributed by atoms with van der Waals surface area (Å²) in [5.74, 6) is 0.254. The number of aromatic hydroxyl groups is 1. The van der Waals surface area contributed by atoms with Crippen LogP contribution in [0.2, 0.25) is 10.0 Å². The fourth-order valence-electron chi connectivity index (χ4n) is 3.84. The minimum absolute atomic E-state index is 0.0192. The number of phenols is 1. The van der Waals surface area contributed by atoms with Crippen molar-refractivity contribution in [3.8, 4) is 22.9 Å². The molecule has 14 heteroatoms. The number of hydroxylamine groups is 2. The third kappa shape index (κ3) is 10.4. The summed E-state index contributed by atoms with van der Waals surface area (Å²) in [6.45, 7) is 4.20. The van der Waals surface area contributed by atoms with E-state index in [1.165, 1.54) is 30.3 Å². The summed E-state index contributed by atoms with van der Waals surface area (Å²) in [5, 5.41) is 15.3. The number of rotatable bonds is 18. The summed E-state index contributed by atoms with van der Waals surface area (Å²) in [4.78, 5) is 23.8. The molecule has 0 aliphatic heterocycles. The number of carbonyl (C=O) groups is 1. The zero-order chi connectivity index (χ0) is 32.0. The molecule has 0 saturated carbocycles. The quantitative estimate of drug-likeness (QED) is 0.0808. The van der Waals surface area contributed by atoms with E-state index in [1.807, 2.05) is 49.4 Å². The number of methoxy groups -OCH3 is 1. The van der Waals surface area contributed by atoms with Gasteiger partial charge in [0.1, 0.15) is 24.4 Å². The van der Waals surface area contributed by atoms with E-state index in [0.717, 1.165) is 10.6 Å². The highest BCUT2D eigenvalue weighted by molar-refractivity contribution is 6.37. The Morgan fingerprint density at radius 2 is 1.58 bits per heavy atom. The molecule has 0 spiro atoms. The Morgan fingerprint density at radius 1 is 0.933 bits per heavy atom. The van der Waals surface area contributed by atoms with Crippen molar-refractivity contribution >= 4 is 29.1 Å². The van der Waals surface area contributed by atoms with Gasteiger partial charge in [-0.1, -0.05) is 53.5 Å². The summed E-state index contributed by atoms with van der Waals surface area (Å²) < 4.78 is 29.0. The van der Waals surface area contributed by atoms with Crippen LogP contribution < -0.4 is 4.74 Å². The first-order chi connectivity index (χ1) is 21.9. The molecule has 3 aromatic carbocycles. The molecule has 1 amide bonds. The Kier molecular flexibility index (Phi) is 13.4. The van der Waals surface area contributed by atoms with Gasteiger partial charge in [-0.25, -0.2) is 19.6 Å². The average Bonchev–Trinajstić information content (AvgIpc) is 3.55. The zero-order valence-corrected chi connectivity index (χ0v) is 26.3. The number of phenolic OH excluding ortho intramolecular Hbond substituents is 1. The third-order valence-electron chi connectivity index (χ3n) is 6.11. The summed E-state index contributed by atoms with van der Waals surface area (Å²) in [6, 6.07) is 19.5. The number of aromatic nitrogens is 3. The van der Waals surface area contributed by atoms with Gasteiger partial charge >= 0.3 is 5.91 Å². The van der Waals surface area contributed by atoms with E-state index in [2.05, 4.69) is 10.1 Å². The van der Waals surface area contributed by atoms with Crippen LogP contribution in [0.3, 0.4) is 0 Å². The first-order valence-corrected chi connectivity index (χ1v) is 14.8. The number of para-hydroxylation sites is 1. The normalized spacial score (nSPS) is 11.8. The lowest BCUT2D eigenvalue weighted by Crippen LogP contribution is -2.38. The molecule has 1 heterocycles. The molecule has 240 valence electrons. The maximum atomic E-state index is 13.7. The molecule has 0 radical (unpaired) electrons. The Morgan fingerprint density at radius 3 is 2.24 bits per heavy atom. The molecule has 0 saturated heterocycles. The van der Waals surface area contributed by atoms with Crippen LogP contribution in [0, 0.1) is 0 Å². The van der Waals surface area contributed by atoms with Crippen molar-refractivity contribution in [2.45, 2.75) is 19.8 Å². The lowest BCUT2D eigenvalue weighted by atomic mass is 10.2. The SMILES string of the molecule is CCOCCOCCOCC(OC)ON(Cc1ccc(Oc2ccccc2)cc1)C(=O)c1ncn(-c2cc(Cl)c(O)c(Cl)c2)n1. The van der Waals surface area contributed by atoms with Gasteiger partial charge in [-0.3, -0.25) is 4.79 Å². The van der Waals surface area contributed by atoms with Gasteiger partial charge in [0.25, 0.3) is 0 Å². The molecular formula is C31H34Cl2N4O8.